The van der Waals surface area contributed by atoms with Crippen LogP contribution in [0.4, 0.5) is 0 Å². The Morgan fingerprint density at radius 3 is 2.70 bits per heavy atom. The van der Waals surface area contributed by atoms with Crippen molar-refractivity contribution in [1.82, 2.24) is 26.3 Å². The molecule has 0 fully saturated rings. The minimum atomic E-state index is -0.211. The fourth-order valence-corrected chi connectivity index (χ4v) is 2.06. The van der Waals surface area contributed by atoms with Gasteiger partial charge in [0.15, 0.2) is 5.11 Å². The van der Waals surface area contributed by atoms with Gasteiger partial charge >= 0.3 is 0 Å². The van der Waals surface area contributed by atoms with Crippen LogP contribution in [0.5, 0.6) is 0 Å². The number of amides is 1. The molecule has 0 aliphatic heterocycles. The van der Waals surface area contributed by atoms with Crippen molar-refractivity contribution in [3.05, 3.63) is 36.2 Å². The zero-order valence-electron chi connectivity index (χ0n) is 13.0. The van der Waals surface area contributed by atoms with Crippen LogP contribution in [0.3, 0.4) is 0 Å². The summed E-state index contributed by atoms with van der Waals surface area (Å²) in [6.07, 6.45) is 0.575. The average molecular weight is 333 g/mol. The molecule has 0 spiro atoms. The van der Waals surface area contributed by atoms with Crippen LogP contribution in [0.2, 0.25) is 0 Å². The highest BCUT2D eigenvalue weighted by atomic mass is 32.1. The molecule has 2 aromatic rings. The van der Waals surface area contributed by atoms with E-state index in [0.717, 1.165) is 5.56 Å². The van der Waals surface area contributed by atoms with E-state index in [1.165, 1.54) is 0 Å². The number of nitrogens with one attached hydrogen (secondary N) is 3. The largest absolute Gasteiger partial charge is 0.359 e. The summed E-state index contributed by atoms with van der Waals surface area (Å²) in [7, 11) is 0. The molecule has 1 amide bonds. The van der Waals surface area contributed by atoms with Crippen molar-refractivity contribution in [2.75, 3.05) is 0 Å². The molecule has 23 heavy (non-hydrogen) atoms. The summed E-state index contributed by atoms with van der Waals surface area (Å²) in [5, 5.41) is 7.24. The molecule has 1 aromatic carbocycles. The molecule has 0 aliphatic carbocycles. The lowest BCUT2D eigenvalue weighted by molar-refractivity contribution is -0.121. The Hall–Kier alpha value is -2.48. The van der Waals surface area contributed by atoms with Crippen LogP contribution in [0, 0.1) is 0 Å². The summed E-state index contributed by atoms with van der Waals surface area (Å²) >= 11 is 5.01. The van der Waals surface area contributed by atoms with Crippen LogP contribution in [0.1, 0.15) is 26.2 Å². The Kier molecular flexibility index (Phi) is 6.04. The van der Waals surface area contributed by atoms with E-state index in [1.54, 1.807) is 0 Å². The first kappa shape index (κ1) is 16.9. The SMILES string of the molecule is CC(C)NC(=S)NNC(=O)CCc1nc(-c2ccccc2)no1. The van der Waals surface area contributed by atoms with E-state index in [4.69, 9.17) is 16.7 Å². The highest BCUT2D eigenvalue weighted by Crippen LogP contribution is 2.15. The minimum absolute atomic E-state index is 0.196. The van der Waals surface area contributed by atoms with Gasteiger partial charge in [-0.3, -0.25) is 15.6 Å². The number of carbonyl (C=O) groups excluding carboxylic acids is 1. The second-order valence-corrected chi connectivity index (χ2v) is 5.59. The number of nitrogens with zero attached hydrogens (tertiary/aromatic N) is 2. The first-order valence-corrected chi connectivity index (χ1v) is 7.69. The van der Waals surface area contributed by atoms with Crippen LogP contribution in [0.25, 0.3) is 11.4 Å². The van der Waals surface area contributed by atoms with Gasteiger partial charge in [0.05, 0.1) is 0 Å². The van der Waals surface area contributed by atoms with E-state index in [2.05, 4.69) is 26.3 Å². The maximum atomic E-state index is 11.7. The van der Waals surface area contributed by atoms with Gasteiger partial charge in [-0.2, -0.15) is 4.98 Å². The van der Waals surface area contributed by atoms with Crippen molar-refractivity contribution < 1.29 is 9.32 Å². The number of carbonyl (C=O) groups is 1. The normalized spacial score (nSPS) is 10.4. The number of aromatic nitrogens is 2. The number of hydrogen-bond acceptors (Lipinski definition) is 5. The maximum absolute atomic E-state index is 11.7. The third-order valence-corrected chi connectivity index (χ3v) is 3.02. The van der Waals surface area contributed by atoms with E-state index < -0.39 is 0 Å². The molecule has 0 saturated carbocycles. The molecule has 0 unspecified atom stereocenters. The second-order valence-electron chi connectivity index (χ2n) is 5.18. The lowest BCUT2D eigenvalue weighted by Gasteiger charge is -2.13. The zero-order chi connectivity index (χ0) is 16.7. The number of aryl methyl sites for hydroxylation is 1. The number of hydrogen-bond donors (Lipinski definition) is 3. The quantitative estimate of drug-likeness (QED) is 0.565. The van der Waals surface area contributed by atoms with Gasteiger partial charge in [0.2, 0.25) is 17.6 Å². The smallest absolute Gasteiger partial charge is 0.238 e. The lowest BCUT2D eigenvalue weighted by Crippen LogP contribution is -2.48. The molecule has 0 radical (unpaired) electrons. The van der Waals surface area contributed by atoms with Crippen molar-refractivity contribution in [3.63, 3.8) is 0 Å². The summed E-state index contributed by atoms with van der Waals surface area (Å²) in [6, 6.07) is 9.71. The van der Waals surface area contributed by atoms with E-state index in [0.29, 0.717) is 23.2 Å². The molecule has 2 rings (SSSR count). The summed E-state index contributed by atoms with van der Waals surface area (Å²) < 4.78 is 5.15. The second kappa shape index (κ2) is 8.23. The van der Waals surface area contributed by atoms with Gasteiger partial charge < -0.3 is 9.84 Å². The number of benzene rings is 1. The van der Waals surface area contributed by atoms with Crippen molar-refractivity contribution in [2.45, 2.75) is 32.7 Å². The van der Waals surface area contributed by atoms with Gasteiger partial charge in [-0.05, 0) is 26.1 Å². The molecular weight excluding hydrogens is 314 g/mol. The molecule has 0 saturated heterocycles. The Morgan fingerprint density at radius 2 is 2.00 bits per heavy atom. The van der Waals surface area contributed by atoms with Gasteiger partial charge in [0.1, 0.15) is 0 Å². The molecular formula is C15H19N5O2S. The summed E-state index contributed by atoms with van der Waals surface area (Å²) in [4.78, 5) is 16.0. The summed E-state index contributed by atoms with van der Waals surface area (Å²) in [6.45, 7) is 3.91. The van der Waals surface area contributed by atoms with Gasteiger partial charge in [0, 0.05) is 24.4 Å². The van der Waals surface area contributed by atoms with Crippen LogP contribution < -0.4 is 16.2 Å². The van der Waals surface area contributed by atoms with Gasteiger partial charge in [0.25, 0.3) is 0 Å². The van der Waals surface area contributed by atoms with Crippen LogP contribution in [-0.2, 0) is 11.2 Å². The van der Waals surface area contributed by atoms with Crippen molar-refractivity contribution in [1.29, 1.82) is 0 Å². The molecule has 7 nitrogen and oxygen atoms in total. The van der Waals surface area contributed by atoms with Crippen LogP contribution in [-0.4, -0.2) is 27.2 Å². The standard InChI is InChI=1S/C15H19N5O2S/c1-10(2)16-15(23)19-18-12(21)8-9-13-17-14(20-22-13)11-6-4-3-5-7-11/h3-7,10H,8-9H2,1-2H3,(H,18,21)(H2,16,19,23). The van der Waals surface area contributed by atoms with Gasteiger partial charge in [-0.25, -0.2) is 0 Å². The first-order valence-electron chi connectivity index (χ1n) is 7.28. The van der Waals surface area contributed by atoms with E-state index in [9.17, 15) is 4.79 Å². The molecule has 0 aliphatic rings. The zero-order valence-corrected chi connectivity index (χ0v) is 13.8. The Bertz CT molecular complexity index is 657. The molecule has 0 bridgehead atoms. The van der Waals surface area contributed by atoms with Crippen molar-refractivity contribution >= 4 is 23.2 Å². The first-order chi connectivity index (χ1) is 11.0. The number of thiocarbonyl (C=S) groups is 1. The van der Waals surface area contributed by atoms with E-state index in [-0.39, 0.29) is 18.4 Å². The fourth-order valence-electron chi connectivity index (χ4n) is 1.77. The maximum Gasteiger partial charge on any atom is 0.238 e. The van der Waals surface area contributed by atoms with E-state index in [1.807, 2.05) is 44.2 Å². The molecule has 122 valence electrons. The van der Waals surface area contributed by atoms with Crippen LogP contribution in [0.15, 0.2) is 34.9 Å². The van der Waals surface area contributed by atoms with Gasteiger partial charge in [-0.15, -0.1) is 0 Å². The predicted octanol–water partition coefficient (Wildman–Crippen LogP) is 1.57. The van der Waals surface area contributed by atoms with Crippen LogP contribution >= 0.6 is 12.2 Å². The van der Waals surface area contributed by atoms with Gasteiger partial charge in [-0.1, -0.05) is 35.5 Å². The third-order valence-electron chi connectivity index (χ3n) is 2.80. The summed E-state index contributed by atoms with van der Waals surface area (Å²) in [5.74, 6) is 0.723. The molecule has 8 heteroatoms. The molecule has 1 aromatic heterocycles. The molecule has 0 atom stereocenters. The highest BCUT2D eigenvalue weighted by molar-refractivity contribution is 7.80. The summed E-state index contributed by atoms with van der Waals surface area (Å²) in [5.41, 5.74) is 6.02. The highest BCUT2D eigenvalue weighted by Gasteiger charge is 2.10. The monoisotopic (exact) mass is 333 g/mol. The van der Waals surface area contributed by atoms with Crippen molar-refractivity contribution in [2.24, 2.45) is 0 Å². The van der Waals surface area contributed by atoms with E-state index >= 15 is 0 Å². The molecule has 3 N–H and O–H groups in total. The Balaban J connectivity index is 1.77. The minimum Gasteiger partial charge on any atom is -0.359 e. The average Bonchev–Trinajstić information content (AvgIpc) is 3.00. The fraction of sp³-hybridized carbons (Fsp3) is 0.333. The Morgan fingerprint density at radius 1 is 1.26 bits per heavy atom. The number of hydrazine groups is 1. The number of rotatable bonds is 5. The van der Waals surface area contributed by atoms with Crippen molar-refractivity contribution in [3.8, 4) is 11.4 Å². The predicted molar refractivity (Wildman–Crippen MR) is 90.2 cm³/mol. The molecule has 1 heterocycles. The third kappa shape index (κ3) is 5.67. The lowest BCUT2D eigenvalue weighted by atomic mass is 10.2. The Labute approximate surface area is 139 Å². The topological polar surface area (TPSA) is 92.1 Å².